The largest absolute Gasteiger partial charge is 0.468 e. The predicted octanol–water partition coefficient (Wildman–Crippen LogP) is 1.57. The van der Waals surface area contributed by atoms with Crippen molar-refractivity contribution in [1.29, 1.82) is 0 Å². The van der Waals surface area contributed by atoms with Gasteiger partial charge in [0.05, 0.1) is 24.1 Å². The van der Waals surface area contributed by atoms with Crippen molar-refractivity contribution < 1.29 is 14.3 Å². The van der Waals surface area contributed by atoms with Crippen LogP contribution in [0, 0.1) is 11.3 Å². The molecule has 1 aromatic heterocycles. The number of aryl methyl sites for hydroxylation is 1. The van der Waals surface area contributed by atoms with Crippen LogP contribution in [0.25, 0.3) is 0 Å². The molecule has 2 rings (SSSR count). The van der Waals surface area contributed by atoms with Crippen molar-refractivity contribution in [3.8, 4) is 0 Å². The average molecular weight is 291 g/mol. The lowest BCUT2D eigenvalue weighted by molar-refractivity contribution is -0.147. The number of nitrogens with two attached hydrogens (primary N) is 1. The normalized spacial score (nSPS) is 20.0. The molecule has 0 saturated heterocycles. The molecule has 0 unspecified atom stereocenters. The number of esters is 1. The molecule has 0 spiro atoms. The van der Waals surface area contributed by atoms with E-state index >= 15 is 0 Å². The van der Waals surface area contributed by atoms with E-state index in [4.69, 9.17) is 10.5 Å². The Hall–Kier alpha value is -1.98. The number of aromatic nitrogens is 2. The zero-order valence-electron chi connectivity index (χ0n) is 12.9. The number of hydrogen-bond acceptors (Lipinski definition) is 6. The quantitative estimate of drug-likeness (QED) is 0.671. The first-order valence-corrected chi connectivity index (χ1v) is 7.09. The van der Waals surface area contributed by atoms with Gasteiger partial charge in [0.1, 0.15) is 5.92 Å². The molecule has 0 radical (unpaired) electrons. The summed E-state index contributed by atoms with van der Waals surface area (Å²) in [7, 11) is 1.30. The van der Waals surface area contributed by atoms with Gasteiger partial charge in [-0.1, -0.05) is 27.2 Å². The molecule has 1 atom stereocenters. The zero-order valence-corrected chi connectivity index (χ0v) is 12.9. The molecule has 21 heavy (non-hydrogen) atoms. The lowest BCUT2D eigenvalue weighted by Crippen LogP contribution is -2.44. The molecule has 6 heteroatoms. The summed E-state index contributed by atoms with van der Waals surface area (Å²) < 4.78 is 4.81. The highest BCUT2D eigenvalue weighted by Crippen LogP contribution is 2.40. The molecule has 2 N–H and O–H groups in total. The van der Waals surface area contributed by atoms with Crippen LogP contribution in [-0.4, -0.2) is 28.8 Å². The summed E-state index contributed by atoms with van der Waals surface area (Å²) >= 11 is 0. The third-order valence-corrected chi connectivity index (χ3v) is 3.91. The highest BCUT2D eigenvalue weighted by atomic mass is 16.5. The van der Waals surface area contributed by atoms with Crippen LogP contribution in [0.15, 0.2) is 0 Å². The number of ketones is 1. The minimum absolute atomic E-state index is 0.178. The van der Waals surface area contributed by atoms with Gasteiger partial charge in [-0.15, -0.1) is 0 Å². The fraction of sp³-hybridized carbons (Fsp3) is 0.600. The number of nitrogens with zero attached hydrogens (tertiary/aromatic N) is 2. The van der Waals surface area contributed by atoms with E-state index in [0.29, 0.717) is 29.8 Å². The second-order valence-electron chi connectivity index (χ2n) is 6.09. The number of rotatable bonds is 3. The summed E-state index contributed by atoms with van der Waals surface area (Å²) in [4.78, 5) is 33.3. The summed E-state index contributed by atoms with van der Waals surface area (Å²) in [5, 5.41) is 0. The first-order valence-electron chi connectivity index (χ1n) is 7.09. The van der Waals surface area contributed by atoms with Gasteiger partial charge in [-0.05, 0) is 18.3 Å². The molecular weight excluding hydrogens is 270 g/mol. The summed E-state index contributed by atoms with van der Waals surface area (Å²) in [6.07, 6.45) is 1.97. The number of anilines is 1. The molecule has 0 fully saturated rings. The Kier molecular flexibility index (Phi) is 3.98. The van der Waals surface area contributed by atoms with E-state index in [1.165, 1.54) is 7.11 Å². The van der Waals surface area contributed by atoms with E-state index in [0.717, 1.165) is 6.42 Å². The van der Waals surface area contributed by atoms with Crippen LogP contribution in [0.1, 0.15) is 48.9 Å². The molecule has 1 aliphatic carbocycles. The molecule has 0 bridgehead atoms. The fourth-order valence-electron chi connectivity index (χ4n) is 2.99. The van der Waals surface area contributed by atoms with Crippen LogP contribution in [0.2, 0.25) is 0 Å². The van der Waals surface area contributed by atoms with Crippen molar-refractivity contribution >= 4 is 17.7 Å². The van der Waals surface area contributed by atoms with Gasteiger partial charge in [-0.25, -0.2) is 9.97 Å². The molecule has 1 aromatic rings. The van der Waals surface area contributed by atoms with Crippen LogP contribution >= 0.6 is 0 Å². The number of carbonyl (C=O) groups excluding carboxylic acids is 2. The smallest absolute Gasteiger partial charge is 0.317 e. The van der Waals surface area contributed by atoms with Gasteiger partial charge in [-0.2, -0.15) is 0 Å². The summed E-state index contributed by atoms with van der Waals surface area (Å²) in [5.74, 6) is -1.40. The Morgan fingerprint density at radius 2 is 2.10 bits per heavy atom. The second-order valence-corrected chi connectivity index (χ2v) is 6.09. The van der Waals surface area contributed by atoms with Gasteiger partial charge in [0.2, 0.25) is 5.95 Å². The van der Waals surface area contributed by atoms with Crippen LogP contribution in [-0.2, 0) is 22.4 Å². The number of fused-ring (bicyclic) bond motifs is 1. The molecule has 0 aliphatic heterocycles. The van der Waals surface area contributed by atoms with Gasteiger partial charge in [0, 0.05) is 0 Å². The molecule has 1 heterocycles. The van der Waals surface area contributed by atoms with Gasteiger partial charge < -0.3 is 10.5 Å². The number of hydrogen-bond donors (Lipinski definition) is 1. The van der Waals surface area contributed by atoms with Crippen molar-refractivity contribution in [2.24, 2.45) is 11.3 Å². The van der Waals surface area contributed by atoms with E-state index in [9.17, 15) is 9.59 Å². The standard InChI is InChI=1S/C15H21N3O3/c1-5-6-8-10-9(18-14(16)17-8)7-15(2,3)11(12(10)19)13(20)21-4/h11H,5-7H2,1-4H3,(H2,16,17,18)/t11-/m0/s1. The average Bonchev–Trinajstić information content (AvgIpc) is 2.36. The lowest BCUT2D eigenvalue weighted by Gasteiger charge is -2.36. The number of Topliss-reactive ketones (excluding diaryl/α,β-unsaturated/α-hetero) is 1. The number of carbonyl (C=O) groups is 2. The molecule has 0 aromatic carbocycles. The molecule has 0 saturated carbocycles. The minimum atomic E-state index is -0.821. The molecule has 0 amide bonds. The summed E-state index contributed by atoms with van der Waals surface area (Å²) in [5.41, 5.74) is 6.92. The third-order valence-electron chi connectivity index (χ3n) is 3.91. The Labute approximate surface area is 124 Å². The Balaban J connectivity index is 2.61. The number of nitrogen functional groups attached to an aromatic ring is 1. The fourth-order valence-corrected chi connectivity index (χ4v) is 2.99. The van der Waals surface area contributed by atoms with Gasteiger partial charge in [0.15, 0.2) is 5.78 Å². The van der Waals surface area contributed by atoms with Crippen molar-refractivity contribution in [2.45, 2.75) is 40.0 Å². The topological polar surface area (TPSA) is 95.2 Å². The van der Waals surface area contributed by atoms with Gasteiger partial charge >= 0.3 is 5.97 Å². The molecule has 114 valence electrons. The first-order chi connectivity index (χ1) is 9.81. The molecule has 1 aliphatic rings. The Bertz CT molecular complexity index is 596. The molecule has 6 nitrogen and oxygen atoms in total. The van der Waals surface area contributed by atoms with Crippen molar-refractivity contribution in [3.05, 3.63) is 17.0 Å². The highest BCUT2D eigenvalue weighted by Gasteiger charge is 2.48. The lowest BCUT2D eigenvalue weighted by atomic mass is 9.67. The maximum Gasteiger partial charge on any atom is 0.317 e. The van der Waals surface area contributed by atoms with Crippen LogP contribution in [0.4, 0.5) is 5.95 Å². The first kappa shape index (κ1) is 15.4. The monoisotopic (exact) mass is 291 g/mol. The Morgan fingerprint density at radius 3 is 2.67 bits per heavy atom. The maximum absolute atomic E-state index is 12.8. The third kappa shape index (κ3) is 2.62. The second kappa shape index (κ2) is 5.42. The van der Waals surface area contributed by atoms with E-state index in [2.05, 4.69) is 9.97 Å². The minimum Gasteiger partial charge on any atom is -0.468 e. The SMILES string of the molecule is CCCc1nc(N)nc2c1C(=O)[C@@H](C(=O)OC)C(C)(C)C2. The van der Waals surface area contributed by atoms with E-state index < -0.39 is 17.3 Å². The number of ether oxygens (including phenoxy) is 1. The van der Waals surface area contributed by atoms with Crippen molar-refractivity contribution in [3.63, 3.8) is 0 Å². The number of methoxy groups -OCH3 is 1. The summed E-state index contributed by atoms with van der Waals surface area (Å²) in [6.45, 7) is 5.74. The van der Waals surface area contributed by atoms with Crippen LogP contribution in [0.3, 0.4) is 0 Å². The Morgan fingerprint density at radius 1 is 1.43 bits per heavy atom. The van der Waals surface area contributed by atoms with E-state index in [-0.39, 0.29) is 11.7 Å². The van der Waals surface area contributed by atoms with Crippen LogP contribution < -0.4 is 5.73 Å². The molecular formula is C15H21N3O3. The highest BCUT2D eigenvalue weighted by molar-refractivity contribution is 6.11. The van der Waals surface area contributed by atoms with E-state index in [1.807, 2.05) is 20.8 Å². The van der Waals surface area contributed by atoms with Crippen molar-refractivity contribution in [2.75, 3.05) is 12.8 Å². The van der Waals surface area contributed by atoms with E-state index in [1.54, 1.807) is 0 Å². The van der Waals surface area contributed by atoms with Crippen molar-refractivity contribution in [1.82, 2.24) is 9.97 Å². The predicted molar refractivity (Wildman–Crippen MR) is 77.8 cm³/mol. The van der Waals surface area contributed by atoms with Gasteiger partial charge in [-0.3, -0.25) is 9.59 Å². The summed E-state index contributed by atoms with van der Waals surface area (Å²) in [6, 6.07) is 0. The van der Waals surface area contributed by atoms with Crippen LogP contribution in [0.5, 0.6) is 0 Å². The maximum atomic E-state index is 12.8. The van der Waals surface area contributed by atoms with Gasteiger partial charge in [0.25, 0.3) is 0 Å². The zero-order chi connectivity index (χ0) is 15.8.